The maximum Gasteiger partial charge on any atom is 0.295 e. The summed E-state index contributed by atoms with van der Waals surface area (Å²) in [6, 6.07) is 12.1. The second-order valence-corrected chi connectivity index (χ2v) is 7.08. The SMILES string of the molecule is COCCN1C(=O)C(=O)/C(=C(\O)c2ccc(OC)cc2C)C1c1cccc(C)c1. The van der Waals surface area contributed by atoms with Gasteiger partial charge in [-0.15, -0.1) is 0 Å². The zero-order valence-electron chi connectivity index (χ0n) is 17.1. The number of Topliss-reactive ketones (excluding diaryl/α,β-unsaturated/α-hetero) is 1. The minimum absolute atomic E-state index is 0.0879. The van der Waals surface area contributed by atoms with Gasteiger partial charge in [0.1, 0.15) is 11.5 Å². The molecule has 3 rings (SSSR count). The third-order valence-electron chi connectivity index (χ3n) is 5.12. The molecule has 6 heteroatoms. The molecule has 0 saturated carbocycles. The summed E-state index contributed by atoms with van der Waals surface area (Å²) < 4.78 is 10.3. The zero-order valence-corrected chi connectivity index (χ0v) is 17.1. The van der Waals surface area contributed by atoms with Crippen molar-refractivity contribution in [2.75, 3.05) is 27.4 Å². The van der Waals surface area contributed by atoms with E-state index in [1.165, 1.54) is 4.90 Å². The Bertz CT molecular complexity index is 979. The van der Waals surface area contributed by atoms with Crippen molar-refractivity contribution >= 4 is 17.4 Å². The second kappa shape index (κ2) is 8.49. The second-order valence-electron chi connectivity index (χ2n) is 7.08. The molecule has 1 atom stereocenters. The Kier molecular flexibility index (Phi) is 6.03. The lowest BCUT2D eigenvalue weighted by Crippen LogP contribution is -2.32. The first-order valence-corrected chi connectivity index (χ1v) is 9.38. The number of aliphatic hydroxyl groups is 1. The summed E-state index contributed by atoms with van der Waals surface area (Å²) in [5.41, 5.74) is 3.10. The molecule has 1 saturated heterocycles. The molecule has 0 aliphatic carbocycles. The van der Waals surface area contributed by atoms with Gasteiger partial charge < -0.3 is 19.5 Å². The van der Waals surface area contributed by atoms with Crippen molar-refractivity contribution in [2.24, 2.45) is 0 Å². The molecular formula is C23H25NO5. The van der Waals surface area contributed by atoms with Gasteiger partial charge in [0.25, 0.3) is 11.7 Å². The predicted octanol–water partition coefficient (Wildman–Crippen LogP) is 3.38. The van der Waals surface area contributed by atoms with Gasteiger partial charge in [-0.2, -0.15) is 0 Å². The van der Waals surface area contributed by atoms with Crippen LogP contribution in [-0.2, 0) is 14.3 Å². The van der Waals surface area contributed by atoms with Crippen LogP contribution >= 0.6 is 0 Å². The van der Waals surface area contributed by atoms with Crippen molar-refractivity contribution in [3.05, 3.63) is 70.3 Å². The highest BCUT2D eigenvalue weighted by molar-refractivity contribution is 6.46. The Labute approximate surface area is 170 Å². The van der Waals surface area contributed by atoms with Crippen LogP contribution in [0.15, 0.2) is 48.0 Å². The summed E-state index contributed by atoms with van der Waals surface area (Å²) >= 11 is 0. The van der Waals surface area contributed by atoms with Gasteiger partial charge >= 0.3 is 0 Å². The molecule has 152 valence electrons. The number of carbonyl (C=O) groups is 2. The first-order valence-electron chi connectivity index (χ1n) is 9.38. The van der Waals surface area contributed by atoms with Gasteiger partial charge in [0.05, 0.1) is 25.3 Å². The molecule has 0 radical (unpaired) electrons. The number of amides is 1. The molecule has 2 aromatic rings. The fraction of sp³-hybridized carbons (Fsp3) is 0.304. The number of hydrogen-bond acceptors (Lipinski definition) is 5. The molecule has 1 heterocycles. The summed E-state index contributed by atoms with van der Waals surface area (Å²) in [7, 11) is 3.10. The van der Waals surface area contributed by atoms with E-state index in [1.54, 1.807) is 32.4 Å². The fourth-order valence-corrected chi connectivity index (χ4v) is 3.66. The van der Waals surface area contributed by atoms with Gasteiger partial charge in [-0.05, 0) is 43.2 Å². The maximum atomic E-state index is 12.9. The Hall–Kier alpha value is -3.12. The number of methoxy groups -OCH3 is 2. The third kappa shape index (κ3) is 3.89. The zero-order chi connectivity index (χ0) is 21.1. The predicted molar refractivity (Wildman–Crippen MR) is 110 cm³/mol. The summed E-state index contributed by atoms with van der Waals surface area (Å²) in [6.07, 6.45) is 0. The number of benzene rings is 2. The van der Waals surface area contributed by atoms with Crippen LogP contribution in [0.3, 0.4) is 0 Å². The summed E-state index contributed by atoms with van der Waals surface area (Å²) in [5.74, 6) is -0.869. The average Bonchev–Trinajstić information content (AvgIpc) is 2.96. The lowest BCUT2D eigenvalue weighted by Gasteiger charge is -2.25. The number of likely N-dealkylation sites (tertiary alicyclic amines) is 1. The Morgan fingerprint density at radius 2 is 1.86 bits per heavy atom. The van der Waals surface area contributed by atoms with E-state index in [4.69, 9.17) is 9.47 Å². The van der Waals surface area contributed by atoms with Crippen molar-refractivity contribution in [1.82, 2.24) is 4.90 Å². The Morgan fingerprint density at radius 1 is 1.10 bits per heavy atom. The first-order chi connectivity index (χ1) is 13.9. The van der Waals surface area contributed by atoms with Gasteiger partial charge in [-0.25, -0.2) is 0 Å². The van der Waals surface area contributed by atoms with Gasteiger partial charge in [0.15, 0.2) is 0 Å². The van der Waals surface area contributed by atoms with E-state index in [9.17, 15) is 14.7 Å². The molecule has 1 amide bonds. The van der Waals surface area contributed by atoms with Crippen molar-refractivity contribution in [1.29, 1.82) is 0 Å². The standard InChI is InChI=1S/C23H25NO5/c1-14-6-5-7-16(12-14)20-19(22(26)23(27)24(20)10-11-28-3)21(25)18-9-8-17(29-4)13-15(18)2/h5-9,12-13,20,25H,10-11H2,1-4H3/b21-19-. The third-order valence-corrected chi connectivity index (χ3v) is 5.12. The molecule has 1 N–H and O–H groups in total. The number of hydrogen-bond donors (Lipinski definition) is 1. The molecule has 1 aliphatic rings. The topological polar surface area (TPSA) is 76.1 Å². The minimum Gasteiger partial charge on any atom is -0.507 e. The number of nitrogens with zero attached hydrogens (tertiary/aromatic N) is 1. The van der Waals surface area contributed by atoms with E-state index < -0.39 is 17.7 Å². The number of aryl methyl sites for hydroxylation is 2. The molecule has 1 unspecified atom stereocenters. The van der Waals surface area contributed by atoms with Gasteiger partial charge in [0.2, 0.25) is 0 Å². The smallest absolute Gasteiger partial charge is 0.295 e. The molecule has 2 aromatic carbocycles. The largest absolute Gasteiger partial charge is 0.507 e. The molecule has 1 aliphatic heterocycles. The van der Waals surface area contributed by atoms with Crippen LogP contribution in [0, 0.1) is 13.8 Å². The van der Waals surface area contributed by atoms with Gasteiger partial charge in [0, 0.05) is 19.2 Å². The van der Waals surface area contributed by atoms with Crippen LogP contribution in [0.2, 0.25) is 0 Å². The quantitative estimate of drug-likeness (QED) is 0.461. The normalized spacial score (nSPS) is 18.3. The first kappa shape index (κ1) is 20.6. The number of aliphatic hydroxyl groups excluding tert-OH is 1. The highest BCUT2D eigenvalue weighted by Crippen LogP contribution is 2.40. The van der Waals surface area contributed by atoms with E-state index in [1.807, 2.05) is 38.1 Å². The molecule has 0 aromatic heterocycles. The number of carbonyl (C=O) groups excluding carboxylic acids is 2. The number of ether oxygens (including phenoxy) is 2. The minimum atomic E-state index is -0.694. The van der Waals surface area contributed by atoms with E-state index in [2.05, 4.69) is 0 Å². The molecule has 6 nitrogen and oxygen atoms in total. The van der Waals surface area contributed by atoms with E-state index in [0.717, 1.165) is 16.7 Å². The van der Waals surface area contributed by atoms with Crippen LogP contribution in [0.25, 0.3) is 5.76 Å². The highest BCUT2D eigenvalue weighted by Gasteiger charge is 2.46. The van der Waals surface area contributed by atoms with Crippen LogP contribution in [-0.4, -0.2) is 49.1 Å². The summed E-state index contributed by atoms with van der Waals surface area (Å²) in [4.78, 5) is 27.2. The van der Waals surface area contributed by atoms with Crippen LogP contribution in [0.4, 0.5) is 0 Å². The average molecular weight is 395 g/mol. The monoisotopic (exact) mass is 395 g/mol. The van der Waals surface area contributed by atoms with Crippen molar-refractivity contribution in [3.8, 4) is 5.75 Å². The molecule has 29 heavy (non-hydrogen) atoms. The highest BCUT2D eigenvalue weighted by atomic mass is 16.5. The molecule has 0 spiro atoms. The van der Waals surface area contributed by atoms with Crippen LogP contribution in [0.5, 0.6) is 5.75 Å². The van der Waals surface area contributed by atoms with Crippen molar-refractivity contribution < 1.29 is 24.2 Å². The van der Waals surface area contributed by atoms with E-state index in [0.29, 0.717) is 11.3 Å². The Morgan fingerprint density at radius 3 is 2.48 bits per heavy atom. The summed E-state index contributed by atoms with van der Waals surface area (Å²) in [6.45, 7) is 4.30. The van der Waals surface area contributed by atoms with Crippen molar-refractivity contribution in [2.45, 2.75) is 19.9 Å². The van der Waals surface area contributed by atoms with Crippen LogP contribution < -0.4 is 4.74 Å². The van der Waals surface area contributed by atoms with Crippen LogP contribution in [0.1, 0.15) is 28.3 Å². The lowest BCUT2D eigenvalue weighted by molar-refractivity contribution is -0.140. The van der Waals surface area contributed by atoms with Gasteiger partial charge in [-0.1, -0.05) is 29.8 Å². The fourth-order valence-electron chi connectivity index (χ4n) is 3.66. The maximum absolute atomic E-state index is 12.9. The molecule has 1 fully saturated rings. The van der Waals surface area contributed by atoms with Crippen molar-refractivity contribution in [3.63, 3.8) is 0 Å². The number of rotatable bonds is 6. The summed E-state index contributed by atoms with van der Waals surface area (Å²) in [5, 5.41) is 11.1. The Balaban J connectivity index is 2.19. The van der Waals surface area contributed by atoms with E-state index >= 15 is 0 Å². The molecule has 0 bridgehead atoms. The lowest BCUT2D eigenvalue weighted by atomic mass is 9.93. The van der Waals surface area contributed by atoms with Gasteiger partial charge in [-0.3, -0.25) is 9.59 Å². The van der Waals surface area contributed by atoms with E-state index in [-0.39, 0.29) is 24.5 Å². The number of ketones is 1. The molecular weight excluding hydrogens is 370 g/mol.